The van der Waals surface area contributed by atoms with Gasteiger partial charge in [-0.1, -0.05) is 67.1 Å². The molecule has 6 rings (SSSR count). The van der Waals surface area contributed by atoms with Crippen molar-refractivity contribution in [2.75, 3.05) is 44.6 Å². The number of ether oxygens (including phenoxy) is 1. The van der Waals surface area contributed by atoms with Gasteiger partial charge in [-0.25, -0.2) is 19.7 Å². The summed E-state index contributed by atoms with van der Waals surface area (Å²) < 4.78 is 7.37. The number of aliphatic hydroxyl groups is 2. The van der Waals surface area contributed by atoms with Crippen molar-refractivity contribution in [2.45, 2.75) is 63.2 Å². The van der Waals surface area contributed by atoms with Gasteiger partial charge in [0.2, 0.25) is 0 Å². The summed E-state index contributed by atoms with van der Waals surface area (Å²) in [5, 5.41) is 33.5. The van der Waals surface area contributed by atoms with Gasteiger partial charge in [-0.3, -0.25) is 9.36 Å². The first kappa shape index (κ1) is 34.2. The fraction of sp³-hybridized carbons (Fsp3) is 0.457. The predicted octanol–water partition coefficient (Wildman–Crippen LogP) is 2.11. The fourth-order valence-corrected chi connectivity index (χ4v) is 6.46. The zero-order valence-corrected chi connectivity index (χ0v) is 27.7. The average Bonchev–Trinajstić information content (AvgIpc) is 3.68. The minimum atomic E-state index is -1.46. The summed E-state index contributed by atoms with van der Waals surface area (Å²) in [5.74, 6) is 0.181. The zero-order chi connectivity index (χ0) is 34.2. The molecule has 6 N–H and O–H groups in total. The van der Waals surface area contributed by atoms with Crippen molar-refractivity contribution in [2.24, 2.45) is 0 Å². The number of aromatic nitrogens is 4. The molecule has 3 amide bonds. The predicted molar refractivity (Wildman–Crippen MR) is 184 cm³/mol. The lowest BCUT2D eigenvalue weighted by Gasteiger charge is -2.26. The molecule has 4 atom stereocenters. The van der Waals surface area contributed by atoms with E-state index in [-0.39, 0.29) is 18.5 Å². The number of likely N-dealkylation sites (tertiary alicyclic amines) is 1. The van der Waals surface area contributed by atoms with Crippen LogP contribution in [0.15, 0.2) is 67.0 Å². The minimum absolute atomic E-state index is 0.0182. The van der Waals surface area contributed by atoms with Crippen LogP contribution >= 0.6 is 0 Å². The molecule has 2 aromatic heterocycles. The van der Waals surface area contributed by atoms with Crippen molar-refractivity contribution in [3.63, 3.8) is 0 Å². The van der Waals surface area contributed by atoms with Crippen LogP contribution in [0.4, 0.5) is 10.6 Å². The number of anilines is 1. The maximum Gasteiger partial charge on any atom is 0.315 e. The Morgan fingerprint density at radius 3 is 2.29 bits per heavy atom. The second-order valence-electron chi connectivity index (χ2n) is 12.4. The number of benzene rings is 2. The lowest BCUT2D eigenvalue weighted by molar-refractivity contribution is -0.137. The van der Waals surface area contributed by atoms with Gasteiger partial charge in [0.25, 0.3) is 5.91 Å². The number of rotatable bonds is 13. The van der Waals surface area contributed by atoms with Crippen LogP contribution in [0.2, 0.25) is 0 Å². The van der Waals surface area contributed by atoms with Gasteiger partial charge in [-0.15, -0.1) is 0 Å². The Labute approximate surface area is 285 Å². The highest BCUT2D eigenvalue weighted by Crippen LogP contribution is 2.33. The number of aliphatic hydroxyl groups excluding tert-OH is 2. The second-order valence-corrected chi connectivity index (χ2v) is 12.4. The molecule has 2 aliphatic heterocycles. The highest BCUT2D eigenvalue weighted by atomic mass is 16.6. The standard InChI is InChI=1S/C35H45N9O5/c1-2-36-33(47)30-28(45)29(46)34(49-30)44-22-40-27-31(38-20-25(23-12-6-3-7-13-23)24-14-8-4-9-15-24)41-26(42-32(27)44)21-39-35(48)37-16-19-43-17-10-5-11-18-43/h3-4,6-9,12-15,22,25,28-30,34,45-46H,2,5,10-11,16-21H2,1H3,(H,36,47)(H2,37,39,48)(H,38,41,42)/t28-,29+,30-,34+/m0/s1. The molecule has 4 heterocycles. The van der Waals surface area contributed by atoms with E-state index in [1.807, 2.05) is 36.4 Å². The van der Waals surface area contributed by atoms with Crippen molar-refractivity contribution in [3.8, 4) is 0 Å². The summed E-state index contributed by atoms with van der Waals surface area (Å²) >= 11 is 0. The average molecular weight is 672 g/mol. The zero-order valence-electron chi connectivity index (χ0n) is 27.7. The molecule has 260 valence electrons. The normalized spacial score (nSPS) is 21.1. The lowest BCUT2D eigenvalue weighted by Crippen LogP contribution is -2.42. The van der Waals surface area contributed by atoms with E-state index in [0.717, 1.165) is 30.8 Å². The molecule has 0 radical (unpaired) electrons. The molecule has 14 heteroatoms. The van der Waals surface area contributed by atoms with Gasteiger partial charge >= 0.3 is 6.03 Å². The number of carbonyl (C=O) groups is 2. The Morgan fingerprint density at radius 2 is 1.61 bits per heavy atom. The Hall–Kier alpha value is -4.63. The van der Waals surface area contributed by atoms with E-state index >= 15 is 0 Å². The highest BCUT2D eigenvalue weighted by Gasteiger charge is 2.47. The Bertz CT molecular complexity index is 1640. The van der Waals surface area contributed by atoms with Gasteiger partial charge in [-0.2, -0.15) is 0 Å². The van der Waals surface area contributed by atoms with E-state index in [9.17, 15) is 19.8 Å². The van der Waals surface area contributed by atoms with Crippen LogP contribution in [-0.2, 0) is 16.1 Å². The first-order chi connectivity index (χ1) is 23.9. The molecular weight excluding hydrogens is 626 g/mol. The third-order valence-corrected chi connectivity index (χ3v) is 9.04. The molecule has 49 heavy (non-hydrogen) atoms. The van der Waals surface area contributed by atoms with E-state index in [2.05, 4.69) is 55.4 Å². The number of likely N-dealkylation sites (N-methyl/N-ethyl adjacent to an activating group) is 1. The van der Waals surface area contributed by atoms with Crippen LogP contribution in [0.25, 0.3) is 11.2 Å². The first-order valence-electron chi connectivity index (χ1n) is 17.0. The number of carbonyl (C=O) groups excluding carboxylic acids is 2. The Balaban J connectivity index is 1.25. The second kappa shape index (κ2) is 16.2. The molecular formula is C35H45N9O5. The van der Waals surface area contributed by atoms with E-state index in [0.29, 0.717) is 42.4 Å². The molecule has 2 aliphatic rings. The summed E-state index contributed by atoms with van der Waals surface area (Å²) in [6, 6.07) is 20.0. The summed E-state index contributed by atoms with van der Waals surface area (Å²) in [4.78, 5) is 41.7. The highest BCUT2D eigenvalue weighted by molar-refractivity contribution is 5.84. The van der Waals surface area contributed by atoms with E-state index < -0.39 is 30.4 Å². The third kappa shape index (κ3) is 8.16. The maximum atomic E-state index is 12.7. The molecule has 2 fully saturated rings. The summed E-state index contributed by atoms with van der Waals surface area (Å²) in [7, 11) is 0. The molecule has 0 bridgehead atoms. The largest absolute Gasteiger partial charge is 0.387 e. The SMILES string of the molecule is CCNC(=O)[C@H]1O[C@@H](n2cnc3c(NCC(c4ccccc4)c4ccccc4)nc(CNC(=O)NCCN4CCCCC4)nc32)[C@H](O)[C@@H]1O. The van der Waals surface area contributed by atoms with Crippen LogP contribution in [0.3, 0.4) is 0 Å². The number of fused-ring (bicyclic) bond motifs is 1. The minimum Gasteiger partial charge on any atom is -0.387 e. The molecule has 0 unspecified atom stereocenters. The maximum absolute atomic E-state index is 12.7. The van der Waals surface area contributed by atoms with Crippen LogP contribution in [0, 0.1) is 0 Å². The summed E-state index contributed by atoms with van der Waals surface area (Å²) in [6.07, 6.45) is -0.230. The monoisotopic (exact) mass is 671 g/mol. The van der Waals surface area contributed by atoms with Crippen molar-refractivity contribution < 1.29 is 24.5 Å². The van der Waals surface area contributed by atoms with Crippen LogP contribution < -0.4 is 21.3 Å². The van der Waals surface area contributed by atoms with Crippen LogP contribution in [0.5, 0.6) is 0 Å². The molecule has 0 spiro atoms. The van der Waals surface area contributed by atoms with Crippen molar-refractivity contribution >= 4 is 28.9 Å². The summed E-state index contributed by atoms with van der Waals surface area (Å²) in [5.41, 5.74) is 2.95. The van der Waals surface area contributed by atoms with Gasteiger partial charge in [0.15, 0.2) is 35.1 Å². The Kier molecular flexibility index (Phi) is 11.3. The lowest BCUT2D eigenvalue weighted by atomic mass is 9.91. The first-order valence-corrected chi connectivity index (χ1v) is 17.0. The number of amides is 3. The number of hydrogen-bond donors (Lipinski definition) is 6. The van der Waals surface area contributed by atoms with Crippen molar-refractivity contribution in [1.29, 1.82) is 0 Å². The number of urea groups is 1. The molecule has 14 nitrogen and oxygen atoms in total. The Morgan fingerprint density at radius 1 is 0.918 bits per heavy atom. The number of piperidine rings is 1. The van der Waals surface area contributed by atoms with Gasteiger partial charge in [0, 0.05) is 32.1 Å². The number of nitrogens with zero attached hydrogens (tertiary/aromatic N) is 5. The van der Waals surface area contributed by atoms with Gasteiger partial charge < -0.3 is 41.1 Å². The van der Waals surface area contributed by atoms with Crippen LogP contribution in [-0.4, -0.2) is 104 Å². The smallest absolute Gasteiger partial charge is 0.315 e. The number of imidazole rings is 1. The molecule has 4 aromatic rings. The molecule has 2 saturated heterocycles. The van der Waals surface area contributed by atoms with Gasteiger partial charge in [0.1, 0.15) is 12.2 Å². The summed E-state index contributed by atoms with van der Waals surface area (Å²) in [6.45, 7) is 6.01. The van der Waals surface area contributed by atoms with Gasteiger partial charge in [-0.05, 0) is 44.0 Å². The van der Waals surface area contributed by atoms with E-state index in [1.54, 1.807) is 6.92 Å². The quantitative estimate of drug-likeness (QED) is 0.123. The van der Waals surface area contributed by atoms with E-state index in [1.165, 1.54) is 30.2 Å². The third-order valence-electron chi connectivity index (χ3n) is 9.04. The number of hydrogen-bond acceptors (Lipinski definition) is 10. The van der Waals surface area contributed by atoms with E-state index in [4.69, 9.17) is 14.7 Å². The van der Waals surface area contributed by atoms with Crippen molar-refractivity contribution in [3.05, 3.63) is 83.9 Å². The topological polar surface area (TPSA) is 179 Å². The fourth-order valence-electron chi connectivity index (χ4n) is 6.46. The molecule has 0 aliphatic carbocycles. The van der Waals surface area contributed by atoms with Crippen molar-refractivity contribution in [1.82, 2.24) is 40.4 Å². The van der Waals surface area contributed by atoms with Gasteiger partial charge in [0.05, 0.1) is 12.9 Å². The number of nitrogens with one attached hydrogen (secondary N) is 4. The molecule has 0 saturated carbocycles. The molecule has 2 aromatic carbocycles. The van der Waals surface area contributed by atoms with Crippen LogP contribution in [0.1, 0.15) is 55.3 Å².